The monoisotopic (exact) mass is 345 g/mol. The molecule has 1 aromatic heterocycles. The van der Waals surface area contributed by atoms with Crippen LogP contribution in [0.15, 0.2) is 36.8 Å². The Balaban J connectivity index is 2.05. The molecule has 7 nitrogen and oxygen atoms in total. The largest absolute Gasteiger partial charge is 0.383 e. The Morgan fingerprint density at radius 1 is 1.40 bits per heavy atom. The Kier molecular flexibility index (Phi) is 7.59. The first-order valence-corrected chi connectivity index (χ1v) is 8.54. The number of rotatable bonds is 10. The van der Waals surface area contributed by atoms with Crippen molar-refractivity contribution in [1.29, 1.82) is 0 Å². The van der Waals surface area contributed by atoms with E-state index in [-0.39, 0.29) is 5.91 Å². The second kappa shape index (κ2) is 9.93. The number of nitrogens with zero attached hydrogens (tertiary/aromatic N) is 2. The molecule has 0 radical (unpaired) electrons. The summed E-state index contributed by atoms with van der Waals surface area (Å²) in [6.45, 7) is 4.17. The summed E-state index contributed by atoms with van der Waals surface area (Å²) in [5.74, 6) is 0.292. The zero-order valence-corrected chi connectivity index (χ0v) is 14.9. The number of para-hydroxylation sites is 1. The number of hydrogen-bond donors (Lipinski definition) is 3. The summed E-state index contributed by atoms with van der Waals surface area (Å²) in [4.78, 5) is 16.3. The first-order chi connectivity index (χ1) is 12.2. The smallest absolute Gasteiger partial charge is 0.242 e. The van der Waals surface area contributed by atoms with Crippen LogP contribution in [-0.2, 0) is 16.1 Å². The number of methoxy groups -OCH3 is 1. The van der Waals surface area contributed by atoms with Gasteiger partial charge in [0.05, 0.1) is 24.5 Å². The van der Waals surface area contributed by atoms with Crippen molar-refractivity contribution in [2.24, 2.45) is 5.73 Å². The zero-order valence-electron chi connectivity index (χ0n) is 14.9. The highest BCUT2D eigenvalue weighted by Crippen LogP contribution is 2.16. The van der Waals surface area contributed by atoms with Gasteiger partial charge in [-0.1, -0.05) is 31.5 Å². The quantitative estimate of drug-likeness (QED) is 0.570. The molecule has 0 unspecified atom stereocenters. The van der Waals surface area contributed by atoms with E-state index in [1.807, 2.05) is 29.7 Å². The van der Waals surface area contributed by atoms with Crippen molar-refractivity contribution in [2.75, 3.05) is 25.6 Å². The van der Waals surface area contributed by atoms with Crippen molar-refractivity contribution in [3.63, 3.8) is 0 Å². The molecule has 1 amide bonds. The van der Waals surface area contributed by atoms with Crippen LogP contribution >= 0.6 is 0 Å². The molecule has 0 bridgehead atoms. The molecule has 0 aliphatic heterocycles. The predicted octanol–water partition coefficient (Wildman–Crippen LogP) is 1.67. The molecular formula is C18H27N5O2. The highest BCUT2D eigenvalue weighted by Gasteiger charge is 2.14. The SMILES string of the molecule is CCC[C@H](N)C(=O)Nc1cn(-c2ccccc2CNCCOC)cn1. The molecule has 7 heteroatoms. The van der Waals surface area contributed by atoms with Gasteiger partial charge < -0.3 is 25.7 Å². The number of imidazole rings is 1. The van der Waals surface area contributed by atoms with E-state index >= 15 is 0 Å². The van der Waals surface area contributed by atoms with Gasteiger partial charge in [0.2, 0.25) is 5.91 Å². The van der Waals surface area contributed by atoms with Crippen LogP contribution < -0.4 is 16.4 Å². The fourth-order valence-corrected chi connectivity index (χ4v) is 2.49. The van der Waals surface area contributed by atoms with E-state index in [9.17, 15) is 4.79 Å². The van der Waals surface area contributed by atoms with E-state index in [4.69, 9.17) is 10.5 Å². The van der Waals surface area contributed by atoms with Crippen molar-refractivity contribution < 1.29 is 9.53 Å². The Hall–Kier alpha value is -2.22. The lowest BCUT2D eigenvalue weighted by Crippen LogP contribution is -2.35. The van der Waals surface area contributed by atoms with Gasteiger partial charge in [-0.2, -0.15) is 0 Å². The van der Waals surface area contributed by atoms with Crippen LogP contribution in [0.4, 0.5) is 5.82 Å². The van der Waals surface area contributed by atoms with Gasteiger partial charge in [0.1, 0.15) is 6.33 Å². The van der Waals surface area contributed by atoms with Gasteiger partial charge in [0.15, 0.2) is 5.82 Å². The topological polar surface area (TPSA) is 94.2 Å². The molecule has 25 heavy (non-hydrogen) atoms. The van der Waals surface area contributed by atoms with E-state index in [1.165, 1.54) is 0 Å². The van der Waals surface area contributed by atoms with Crippen LogP contribution in [0, 0.1) is 0 Å². The maximum Gasteiger partial charge on any atom is 0.242 e. The number of carbonyl (C=O) groups is 1. The second-order valence-corrected chi connectivity index (χ2v) is 5.85. The maximum absolute atomic E-state index is 12.0. The summed E-state index contributed by atoms with van der Waals surface area (Å²) in [6, 6.07) is 7.55. The lowest BCUT2D eigenvalue weighted by atomic mass is 10.1. The van der Waals surface area contributed by atoms with Crippen molar-refractivity contribution >= 4 is 11.7 Å². The highest BCUT2D eigenvalue weighted by molar-refractivity contribution is 5.93. The average molecular weight is 345 g/mol. The number of benzene rings is 1. The van der Waals surface area contributed by atoms with E-state index < -0.39 is 6.04 Å². The summed E-state index contributed by atoms with van der Waals surface area (Å²) < 4.78 is 6.94. The van der Waals surface area contributed by atoms with Crippen LogP contribution in [-0.4, -0.2) is 41.8 Å². The number of ether oxygens (including phenoxy) is 1. The summed E-state index contributed by atoms with van der Waals surface area (Å²) in [5.41, 5.74) is 7.98. The molecule has 1 heterocycles. The molecule has 4 N–H and O–H groups in total. The normalized spacial score (nSPS) is 12.1. The number of nitrogens with two attached hydrogens (primary N) is 1. The molecule has 2 aromatic rings. The third-order valence-corrected chi connectivity index (χ3v) is 3.84. The van der Waals surface area contributed by atoms with Crippen LogP contribution in [0.25, 0.3) is 5.69 Å². The first-order valence-electron chi connectivity index (χ1n) is 8.54. The van der Waals surface area contributed by atoms with Gasteiger partial charge in [0.25, 0.3) is 0 Å². The molecule has 1 atom stereocenters. The fraction of sp³-hybridized carbons (Fsp3) is 0.444. The van der Waals surface area contributed by atoms with Gasteiger partial charge >= 0.3 is 0 Å². The summed E-state index contributed by atoms with van der Waals surface area (Å²) in [5, 5.41) is 6.10. The molecule has 0 saturated carbocycles. The predicted molar refractivity (Wildman–Crippen MR) is 98.7 cm³/mol. The van der Waals surface area contributed by atoms with Gasteiger partial charge in [-0.15, -0.1) is 0 Å². The van der Waals surface area contributed by atoms with Crippen LogP contribution in [0.2, 0.25) is 0 Å². The van der Waals surface area contributed by atoms with E-state index in [2.05, 4.69) is 21.7 Å². The van der Waals surface area contributed by atoms with Crippen molar-refractivity contribution in [1.82, 2.24) is 14.9 Å². The van der Waals surface area contributed by atoms with Gasteiger partial charge in [0, 0.05) is 20.2 Å². The summed E-state index contributed by atoms with van der Waals surface area (Å²) in [7, 11) is 1.68. The number of anilines is 1. The Bertz CT molecular complexity index is 671. The number of aromatic nitrogens is 2. The highest BCUT2D eigenvalue weighted by atomic mass is 16.5. The van der Waals surface area contributed by atoms with Crippen LogP contribution in [0.5, 0.6) is 0 Å². The number of hydrogen-bond acceptors (Lipinski definition) is 5. The molecule has 2 rings (SSSR count). The van der Waals surface area contributed by atoms with Crippen molar-refractivity contribution in [3.8, 4) is 5.69 Å². The van der Waals surface area contributed by atoms with Crippen molar-refractivity contribution in [2.45, 2.75) is 32.4 Å². The molecular weight excluding hydrogens is 318 g/mol. The van der Waals surface area contributed by atoms with Gasteiger partial charge in [-0.05, 0) is 18.1 Å². The Morgan fingerprint density at radius 3 is 2.96 bits per heavy atom. The molecule has 136 valence electrons. The third-order valence-electron chi connectivity index (χ3n) is 3.84. The van der Waals surface area contributed by atoms with Crippen molar-refractivity contribution in [3.05, 3.63) is 42.4 Å². The van der Waals surface area contributed by atoms with Crippen LogP contribution in [0.1, 0.15) is 25.3 Å². The van der Waals surface area contributed by atoms with Crippen LogP contribution in [0.3, 0.4) is 0 Å². The molecule has 1 aromatic carbocycles. The third kappa shape index (κ3) is 5.67. The molecule has 0 aliphatic carbocycles. The average Bonchev–Trinajstić information content (AvgIpc) is 3.07. The lowest BCUT2D eigenvalue weighted by Gasteiger charge is -2.11. The molecule has 0 fully saturated rings. The zero-order chi connectivity index (χ0) is 18.1. The molecule has 0 spiro atoms. The Morgan fingerprint density at radius 2 is 2.20 bits per heavy atom. The molecule has 0 aliphatic rings. The number of nitrogens with one attached hydrogen (secondary N) is 2. The number of amides is 1. The molecule has 0 saturated heterocycles. The standard InChI is InChI=1S/C18H27N5O2/c1-3-6-15(19)18(24)22-17-12-23(13-21-17)16-8-5-4-7-14(16)11-20-9-10-25-2/h4-5,7-8,12-13,15,20H,3,6,9-11,19H2,1-2H3,(H,22,24)/t15-/m0/s1. The maximum atomic E-state index is 12.0. The summed E-state index contributed by atoms with van der Waals surface area (Å²) >= 11 is 0. The van der Waals surface area contributed by atoms with Gasteiger partial charge in [-0.25, -0.2) is 4.98 Å². The summed E-state index contributed by atoms with van der Waals surface area (Å²) in [6.07, 6.45) is 5.01. The van der Waals surface area contributed by atoms with E-state index in [1.54, 1.807) is 19.6 Å². The van der Waals surface area contributed by atoms with E-state index in [0.29, 0.717) is 18.8 Å². The van der Waals surface area contributed by atoms with E-state index in [0.717, 1.165) is 30.8 Å². The first kappa shape index (κ1) is 19.1. The minimum absolute atomic E-state index is 0.207. The fourth-order valence-electron chi connectivity index (χ4n) is 2.49. The second-order valence-electron chi connectivity index (χ2n) is 5.85. The Labute approximate surface area is 148 Å². The minimum atomic E-state index is -0.507. The van der Waals surface area contributed by atoms with Gasteiger partial charge in [-0.3, -0.25) is 4.79 Å². The minimum Gasteiger partial charge on any atom is -0.383 e. The lowest BCUT2D eigenvalue weighted by molar-refractivity contribution is -0.117. The number of carbonyl (C=O) groups excluding carboxylic acids is 1.